The van der Waals surface area contributed by atoms with E-state index in [2.05, 4.69) is 12.2 Å². The summed E-state index contributed by atoms with van der Waals surface area (Å²) in [6.45, 7) is 2.23. The first-order chi connectivity index (χ1) is 7.81. The fraction of sp³-hybridized carbons (Fsp3) is 0.846. The Hall–Kier alpha value is -0.0400. The summed E-state index contributed by atoms with van der Waals surface area (Å²) in [4.78, 5) is 10.9. The van der Waals surface area contributed by atoms with Crippen molar-refractivity contribution in [3.8, 4) is 6.19 Å². The molecule has 3 nitrogen and oxygen atoms in total. The van der Waals surface area contributed by atoms with Crippen molar-refractivity contribution in [1.29, 1.82) is 5.26 Å². The van der Waals surface area contributed by atoms with Crippen LogP contribution in [0.2, 0.25) is 0 Å². The molecule has 0 aromatic carbocycles. The van der Waals surface area contributed by atoms with E-state index in [0.29, 0.717) is 6.42 Å². The summed E-state index contributed by atoms with van der Waals surface area (Å²) in [6.07, 6.45) is 13.1. The normalized spacial score (nSPS) is 9.18. The van der Waals surface area contributed by atoms with Gasteiger partial charge in [0.1, 0.15) is 0 Å². The van der Waals surface area contributed by atoms with Crippen LogP contribution in [-0.2, 0) is 4.79 Å². The summed E-state index contributed by atoms with van der Waals surface area (Å²) < 4.78 is 0. The van der Waals surface area contributed by atoms with Crippen molar-refractivity contribution in [3.63, 3.8) is 0 Å². The predicted octanol–water partition coefficient (Wildman–Crippen LogP) is 1.29. The molecule has 0 aromatic rings. The fourth-order valence-corrected chi connectivity index (χ4v) is 1.70. The minimum atomic E-state index is -0.273. The van der Waals surface area contributed by atoms with E-state index >= 15 is 0 Å². The second kappa shape index (κ2) is 16.0. The second-order valence-electron chi connectivity index (χ2n) is 4.18. The fourth-order valence-electron chi connectivity index (χ4n) is 1.70. The van der Waals surface area contributed by atoms with Gasteiger partial charge in [0.15, 0.2) is 5.91 Å². The van der Waals surface area contributed by atoms with E-state index in [1.54, 1.807) is 0 Å². The summed E-state index contributed by atoms with van der Waals surface area (Å²) >= 11 is 0. The standard InChI is InChI=1S/C13H24N2O.Na/c1-2-3-4-5-6-7-8-9-10-11-13(16)15-12-14;/h2-11H2,1H3,(H,15,16);/q;+1/p-1. The Labute approximate surface area is 128 Å². The van der Waals surface area contributed by atoms with E-state index in [0.717, 1.165) is 12.8 Å². The molecule has 0 fully saturated rings. The van der Waals surface area contributed by atoms with Crippen LogP contribution in [0, 0.1) is 11.5 Å². The maximum Gasteiger partial charge on any atom is 1.00 e. The molecule has 1 amide bonds. The third kappa shape index (κ3) is 16.0. The molecule has 0 rings (SSSR count). The van der Waals surface area contributed by atoms with Gasteiger partial charge in [0, 0.05) is 6.42 Å². The molecular formula is C13H23N2NaO. The molecule has 0 atom stereocenters. The van der Waals surface area contributed by atoms with Crippen molar-refractivity contribution in [2.24, 2.45) is 0 Å². The minimum Gasteiger partial charge on any atom is -0.494 e. The van der Waals surface area contributed by atoms with E-state index in [-0.39, 0.29) is 35.5 Å². The van der Waals surface area contributed by atoms with Gasteiger partial charge in [0.2, 0.25) is 0 Å². The number of hydrogen-bond donors (Lipinski definition) is 0. The van der Waals surface area contributed by atoms with Crippen LogP contribution >= 0.6 is 0 Å². The average Bonchev–Trinajstić information content (AvgIpc) is 2.27. The van der Waals surface area contributed by atoms with E-state index in [4.69, 9.17) is 5.26 Å². The van der Waals surface area contributed by atoms with Gasteiger partial charge in [-0.1, -0.05) is 64.5 Å². The monoisotopic (exact) mass is 246 g/mol. The topological polar surface area (TPSA) is 55.0 Å². The third-order valence-corrected chi connectivity index (χ3v) is 2.67. The van der Waals surface area contributed by atoms with Gasteiger partial charge >= 0.3 is 29.6 Å². The first kappa shape index (κ1) is 19.3. The van der Waals surface area contributed by atoms with Crippen LogP contribution in [0.15, 0.2) is 0 Å². The van der Waals surface area contributed by atoms with Crippen LogP contribution < -0.4 is 29.6 Å². The van der Waals surface area contributed by atoms with E-state index in [1.165, 1.54) is 51.1 Å². The van der Waals surface area contributed by atoms with Crippen LogP contribution in [0.3, 0.4) is 0 Å². The van der Waals surface area contributed by atoms with Crippen LogP contribution in [0.1, 0.15) is 71.1 Å². The summed E-state index contributed by atoms with van der Waals surface area (Å²) in [6, 6.07) is 0. The van der Waals surface area contributed by atoms with Gasteiger partial charge in [-0.15, -0.1) is 0 Å². The summed E-state index contributed by atoms with van der Waals surface area (Å²) in [5.74, 6) is -0.273. The van der Waals surface area contributed by atoms with Gasteiger partial charge < -0.3 is 10.6 Å². The zero-order valence-electron chi connectivity index (χ0n) is 11.4. The Bertz CT molecular complexity index is 214. The molecule has 0 aliphatic rings. The first-order valence-electron chi connectivity index (χ1n) is 6.44. The molecule has 0 radical (unpaired) electrons. The number of nitriles is 1. The molecule has 0 saturated carbocycles. The second-order valence-corrected chi connectivity index (χ2v) is 4.18. The maximum absolute atomic E-state index is 10.9. The number of hydrogen-bond acceptors (Lipinski definition) is 2. The van der Waals surface area contributed by atoms with Gasteiger partial charge in [-0.25, -0.2) is 0 Å². The number of amides is 1. The first-order valence-corrected chi connectivity index (χ1v) is 6.44. The van der Waals surface area contributed by atoms with Gasteiger partial charge in [0.25, 0.3) is 0 Å². The van der Waals surface area contributed by atoms with Crippen LogP contribution in [0.4, 0.5) is 0 Å². The molecule has 92 valence electrons. The molecule has 17 heavy (non-hydrogen) atoms. The van der Waals surface area contributed by atoms with Gasteiger partial charge in [-0.05, 0) is 6.42 Å². The molecule has 0 spiro atoms. The Morgan fingerprint density at radius 1 is 1.00 bits per heavy atom. The van der Waals surface area contributed by atoms with Crippen molar-refractivity contribution in [3.05, 3.63) is 5.32 Å². The zero-order valence-corrected chi connectivity index (χ0v) is 13.4. The van der Waals surface area contributed by atoms with Crippen molar-refractivity contribution in [1.82, 2.24) is 0 Å². The van der Waals surface area contributed by atoms with Crippen molar-refractivity contribution >= 4 is 5.91 Å². The molecule has 0 aliphatic carbocycles. The van der Waals surface area contributed by atoms with Gasteiger partial charge in [-0.2, -0.15) is 0 Å². The number of nitrogens with zero attached hydrogens (tertiary/aromatic N) is 2. The summed E-state index contributed by atoms with van der Waals surface area (Å²) in [7, 11) is 0. The molecule has 0 aromatic heterocycles. The van der Waals surface area contributed by atoms with Crippen LogP contribution in [-0.4, -0.2) is 5.91 Å². The number of carbonyl (C=O) groups is 1. The molecular weight excluding hydrogens is 223 g/mol. The quantitative estimate of drug-likeness (QED) is 0.331. The van der Waals surface area contributed by atoms with E-state index < -0.39 is 0 Å². The molecule has 0 bridgehead atoms. The van der Waals surface area contributed by atoms with E-state index in [1.807, 2.05) is 0 Å². The zero-order chi connectivity index (χ0) is 12.1. The smallest absolute Gasteiger partial charge is 0.494 e. The molecule has 0 aliphatic heterocycles. The molecule has 0 N–H and O–H groups in total. The van der Waals surface area contributed by atoms with Crippen LogP contribution in [0.5, 0.6) is 0 Å². The molecule has 0 unspecified atom stereocenters. The maximum atomic E-state index is 10.9. The van der Waals surface area contributed by atoms with Crippen molar-refractivity contribution in [2.45, 2.75) is 71.1 Å². The Kier molecular flexibility index (Phi) is 18.1. The molecule has 0 saturated heterocycles. The summed E-state index contributed by atoms with van der Waals surface area (Å²) in [5, 5.41) is 11.3. The van der Waals surface area contributed by atoms with Gasteiger partial charge in [-0.3, -0.25) is 4.79 Å². The molecule has 4 heteroatoms. The van der Waals surface area contributed by atoms with Crippen molar-refractivity contribution < 1.29 is 34.4 Å². The van der Waals surface area contributed by atoms with Gasteiger partial charge in [0.05, 0.1) is 0 Å². The van der Waals surface area contributed by atoms with Crippen molar-refractivity contribution in [2.75, 3.05) is 0 Å². The molecule has 0 heterocycles. The largest absolute Gasteiger partial charge is 1.00 e. The number of unbranched alkanes of at least 4 members (excludes halogenated alkanes) is 8. The number of rotatable bonds is 10. The van der Waals surface area contributed by atoms with Crippen LogP contribution in [0.25, 0.3) is 5.32 Å². The average molecular weight is 246 g/mol. The SMILES string of the molecule is CCCCCCCCCCCC(=O)[N-]C#N.[Na+]. The number of carbonyl (C=O) groups excluding carboxylic acids is 1. The Morgan fingerprint density at radius 3 is 1.94 bits per heavy atom. The third-order valence-electron chi connectivity index (χ3n) is 2.67. The van der Waals surface area contributed by atoms with E-state index in [9.17, 15) is 4.79 Å². The Balaban J connectivity index is 0. The minimum absolute atomic E-state index is 0. The Morgan fingerprint density at radius 2 is 1.47 bits per heavy atom. The predicted molar refractivity (Wildman–Crippen MR) is 65.8 cm³/mol. The summed E-state index contributed by atoms with van der Waals surface area (Å²) in [5.41, 5.74) is 0.